The van der Waals surface area contributed by atoms with Crippen molar-refractivity contribution < 1.29 is 9.59 Å². The summed E-state index contributed by atoms with van der Waals surface area (Å²) in [5.74, 6) is 0.650. The van der Waals surface area contributed by atoms with Crippen molar-refractivity contribution in [1.82, 2.24) is 25.4 Å². The Bertz CT molecular complexity index is 1110. The molecule has 1 aromatic carbocycles. The molecule has 0 saturated heterocycles. The molecule has 0 radical (unpaired) electrons. The molecule has 168 valence electrons. The smallest absolute Gasteiger partial charge is 0.269 e. The fourth-order valence-corrected chi connectivity index (χ4v) is 4.52. The number of hydrogen-bond donors (Lipinski definition) is 2. The van der Waals surface area contributed by atoms with Gasteiger partial charge in [-0.2, -0.15) is 5.10 Å². The molecule has 3 aromatic rings. The minimum atomic E-state index is -0.0795. The summed E-state index contributed by atoms with van der Waals surface area (Å²) >= 11 is 0. The SMILES string of the molecule is CC(C)NC(=O)c1cc(C2CCC(CNC(=O)c3ccnn3C)CC2)nc2ccccc12. The summed E-state index contributed by atoms with van der Waals surface area (Å²) in [4.78, 5) is 30.1. The number of nitrogens with one attached hydrogen (secondary N) is 2. The Balaban J connectivity index is 1.43. The average Bonchev–Trinajstić information content (AvgIpc) is 3.22. The summed E-state index contributed by atoms with van der Waals surface area (Å²) in [5.41, 5.74) is 3.13. The van der Waals surface area contributed by atoms with Crippen molar-refractivity contribution in [2.75, 3.05) is 6.54 Å². The number of fused-ring (bicyclic) bond motifs is 1. The number of benzene rings is 1. The molecular weight excluding hydrogens is 402 g/mol. The Kier molecular flexibility index (Phi) is 6.53. The number of nitrogens with zero attached hydrogens (tertiary/aromatic N) is 3. The van der Waals surface area contributed by atoms with Gasteiger partial charge in [0.15, 0.2) is 0 Å². The summed E-state index contributed by atoms with van der Waals surface area (Å²) in [6, 6.07) is 11.6. The van der Waals surface area contributed by atoms with Gasteiger partial charge in [-0.05, 0) is 63.6 Å². The molecule has 32 heavy (non-hydrogen) atoms. The molecule has 0 unspecified atom stereocenters. The van der Waals surface area contributed by atoms with Crippen LogP contribution in [-0.2, 0) is 7.05 Å². The first-order valence-corrected chi connectivity index (χ1v) is 11.4. The third-order valence-electron chi connectivity index (χ3n) is 6.27. The van der Waals surface area contributed by atoms with Gasteiger partial charge in [-0.3, -0.25) is 19.3 Å². The van der Waals surface area contributed by atoms with E-state index < -0.39 is 0 Å². The number of rotatable bonds is 6. The lowest BCUT2D eigenvalue weighted by Gasteiger charge is -2.28. The number of hydrogen-bond acceptors (Lipinski definition) is 4. The molecule has 1 fully saturated rings. The Morgan fingerprint density at radius 2 is 1.84 bits per heavy atom. The molecule has 7 heteroatoms. The molecule has 1 aliphatic rings. The van der Waals surface area contributed by atoms with Crippen LogP contribution in [-0.4, -0.2) is 39.2 Å². The third-order valence-corrected chi connectivity index (χ3v) is 6.27. The lowest BCUT2D eigenvalue weighted by molar-refractivity contribution is 0.0929. The molecule has 2 aromatic heterocycles. The molecule has 1 saturated carbocycles. The van der Waals surface area contributed by atoms with Crippen LogP contribution in [0.2, 0.25) is 0 Å². The summed E-state index contributed by atoms with van der Waals surface area (Å²) in [6.45, 7) is 4.61. The van der Waals surface area contributed by atoms with Gasteiger partial charge in [-0.1, -0.05) is 18.2 Å². The van der Waals surface area contributed by atoms with Crippen LogP contribution in [0.5, 0.6) is 0 Å². The number of aromatic nitrogens is 3. The van der Waals surface area contributed by atoms with Crippen molar-refractivity contribution in [3.63, 3.8) is 0 Å². The van der Waals surface area contributed by atoms with Crippen LogP contribution in [0.3, 0.4) is 0 Å². The fraction of sp³-hybridized carbons (Fsp3) is 0.440. The molecule has 0 atom stereocenters. The highest BCUT2D eigenvalue weighted by molar-refractivity contribution is 6.06. The standard InChI is InChI=1S/C25H31N5O2/c1-16(2)28-24(31)20-14-22(29-21-7-5-4-6-19(20)21)18-10-8-17(9-11-18)15-26-25(32)23-12-13-27-30(23)3/h4-7,12-14,16-18H,8-11,15H2,1-3H3,(H,26,32)(H,28,31). The molecule has 2 amide bonds. The van der Waals surface area contributed by atoms with Gasteiger partial charge in [0, 0.05) is 42.8 Å². The molecule has 0 bridgehead atoms. The molecular formula is C25H31N5O2. The van der Waals surface area contributed by atoms with Crippen molar-refractivity contribution in [2.45, 2.75) is 51.5 Å². The monoisotopic (exact) mass is 433 g/mol. The Morgan fingerprint density at radius 1 is 1.09 bits per heavy atom. The van der Waals surface area contributed by atoms with Crippen LogP contribution in [0.15, 0.2) is 42.6 Å². The predicted molar refractivity (Wildman–Crippen MR) is 125 cm³/mol. The van der Waals surface area contributed by atoms with E-state index in [-0.39, 0.29) is 17.9 Å². The molecule has 7 nitrogen and oxygen atoms in total. The van der Waals surface area contributed by atoms with Gasteiger partial charge in [-0.15, -0.1) is 0 Å². The number of carbonyl (C=O) groups excluding carboxylic acids is 2. The van der Waals surface area contributed by atoms with Crippen molar-refractivity contribution in [3.05, 3.63) is 59.5 Å². The van der Waals surface area contributed by atoms with Crippen LogP contribution in [0.25, 0.3) is 10.9 Å². The number of para-hydroxylation sites is 1. The van der Waals surface area contributed by atoms with Crippen LogP contribution >= 0.6 is 0 Å². The quantitative estimate of drug-likeness (QED) is 0.619. The zero-order chi connectivity index (χ0) is 22.7. The normalized spacial score (nSPS) is 18.6. The summed E-state index contributed by atoms with van der Waals surface area (Å²) in [5, 5.41) is 11.0. The maximum absolute atomic E-state index is 12.8. The maximum Gasteiger partial charge on any atom is 0.269 e. The van der Waals surface area contributed by atoms with Crippen molar-refractivity contribution >= 4 is 22.7 Å². The lowest BCUT2D eigenvalue weighted by Crippen LogP contribution is -2.32. The third kappa shape index (κ3) is 4.82. The molecule has 1 aliphatic carbocycles. The summed E-state index contributed by atoms with van der Waals surface area (Å²) in [6.07, 6.45) is 5.69. The second kappa shape index (κ2) is 9.51. The first-order chi connectivity index (χ1) is 15.4. The molecule has 4 rings (SSSR count). The maximum atomic E-state index is 12.8. The zero-order valence-electron chi connectivity index (χ0n) is 19.0. The number of pyridine rings is 1. The van der Waals surface area contributed by atoms with E-state index in [4.69, 9.17) is 4.98 Å². The predicted octanol–water partition coefficient (Wildman–Crippen LogP) is 3.81. The van der Waals surface area contributed by atoms with E-state index >= 15 is 0 Å². The number of aryl methyl sites for hydroxylation is 1. The van der Waals surface area contributed by atoms with E-state index in [1.807, 2.05) is 44.2 Å². The van der Waals surface area contributed by atoms with E-state index in [1.165, 1.54) is 0 Å². The molecule has 0 spiro atoms. The average molecular weight is 434 g/mol. The van der Waals surface area contributed by atoms with Gasteiger partial charge in [0.1, 0.15) is 5.69 Å². The Hall–Kier alpha value is -3.22. The Morgan fingerprint density at radius 3 is 2.53 bits per heavy atom. The zero-order valence-corrected chi connectivity index (χ0v) is 19.0. The number of carbonyl (C=O) groups is 2. The van der Waals surface area contributed by atoms with Crippen LogP contribution < -0.4 is 10.6 Å². The number of amides is 2. The fourth-order valence-electron chi connectivity index (χ4n) is 4.52. The van der Waals surface area contributed by atoms with E-state index in [0.29, 0.717) is 29.6 Å². The van der Waals surface area contributed by atoms with Gasteiger partial charge >= 0.3 is 0 Å². The largest absolute Gasteiger partial charge is 0.350 e. The first kappa shape index (κ1) is 22.0. The van der Waals surface area contributed by atoms with Crippen molar-refractivity contribution in [3.8, 4) is 0 Å². The van der Waals surface area contributed by atoms with Crippen LogP contribution in [0.4, 0.5) is 0 Å². The van der Waals surface area contributed by atoms with Gasteiger partial charge in [0.2, 0.25) is 0 Å². The van der Waals surface area contributed by atoms with Gasteiger partial charge in [-0.25, -0.2) is 0 Å². The highest BCUT2D eigenvalue weighted by atomic mass is 16.2. The minimum absolute atomic E-state index is 0.0496. The van der Waals surface area contributed by atoms with Gasteiger partial charge in [0.25, 0.3) is 11.8 Å². The first-order valence-electron chi connectivity index (χ1n) is 11.4. The van der Waals surface area contributed by atoms with Crippen molar-refractivity contribution in [1.29, 1.82) is 0 Å². The second-order valence-corrected chi connectivity index (χ2v) is 9.01. The second-order valence-electron chi connectivity index (χ2n) is 9.01. The molecule has 2 N–H and O–H groups in total. The highest BCUT2D eigenvalue weighted by Gasteiger charge is 2.25. The topological polar surface area (TPSA) is 88.9 Å². The molecule has 0 aliphatic heterocycles. The van der Waals surface area contributed by atoms with E-state index in [2.05, 4.69) is 15.7 Å². The van der Waals surface area contributed by atoms with E-state index in [1.54, 1.807) is 24.0 Å². The van der Waals surface area contributed by atoms with Gasteiger partial charge in [0.05, 0.1) is 11.1 Å². The van der Waals surface area contributed by atoms with Crippen LogP contribution in [0.1, 0.15) is 72.0 Å². The van der Waals surface area contributed by atoms with E-state index in [9.17, 15) is 9.59 Å². The lowest BCUT2D eigenvalue weighted by atomic mass is 9.80. The summed E-state index contributed by atoms with van der Waals surface area (Å²) < 4.78 is 1.59. The van der Waals surface area contributed by atoms with Gasteiger partial charge < -0.3 is 10.6 Å². The Labute approximate surface area is 188 Å². The summed E-state index contributed by atoms with van der Waals surface area (Å²) in [7, 11) is 1.77. The van der Waals surface area contributed by atoms with Crippen molar-refractivity contribution in [2.24, 2.45) is 13.0 Å². The highest BCUT2D eigenvalue weighted by Crippen LogP contribution is 2.36. The van der Waals surface area contributed by atoms with Crippen LogP contribution in [0, 0.1) is 5.92 Å². The molecule has 2 heterocycles. The minimum Gasteiger partial charge on any atom is -0.350 e. The van der Waals surface area contributed by atoms with E-state index in [0.717, 1.165) is 42.3 Å².